The van der Waals surface area contributed by atoms with Crippen molar-refractivity contribution in [3.63, 3.8) is 0 Å². The summed E-state index contributed by atoms with van der Waals surface area (Å²) in [7, 11) is -4.00. The number of nitrogens with zero attached hydrogens (tertiary/aromatic N) is 1. The van der Waals surface area contributed by atoms with Crippen LogP contribution in [0.2, 0.25) is 5.02 Å². The van der Waals surface area contributed by atoms with E-state index in [1.165, 1.54) is 18.3 Å². The van der Waals surface area contributed by atoms with Crippen LogP contribution in [-0.4, -0.2) is 30.5 Å². The zero-order valence-corrected chi connectivity index (χ0v) is 17.4. The van der Waals surface area contributed by atoms with Gasteiger partial charge in [0.15, 0.2) is 0 Å². The van der Waals surface area contributed by atoms with Gasteiger partial charge in [0.2, 0.25) is 10.0 Å². The molecule has 29 heavy (non-hydrogen) atoms. The number of hydrogen-bond acceptors (Lipinski definition) is 4. The minimum Gasteiger partial charge on any atom is -0.480 e. The highest BCUT2D eigenvalue weighted by Crippen LogP contribution is 2.23. The molecule has 0 aliphatic carbocycles. The predicted molar refractivity (Wildman–Crippen MR) is 114 cm³/mol. The molecular formula is C20H18Cl2N2O4S. The van der Waals surface area contributed by atoms with Crippen molar-refractivity contribution in [2.45, 2.75) is 17.4 Å². The largest absolute Gasteiger partial charge is 0.480 e. The minimum absolute atomic E-state index is 0. The number of nitrogens with one attached hydrogen (secondary N) is 1. The first-order valence-corrected chi connectivity index (χ1v) is 10.2. The average molecular weight is 453 g/mol. The maximum atomic E-state index is 12.6. The number of aliphatic carboxylic acids is 1. The Morgan fingerprint density at radius 1 is 1.03 bits per heavy atom. The van der Waals surface area contributed by atoms with Crippen LogP contribution in [-0.2, 0) is 21.2 Å². The molecule has 0 spiro atoms. The normalized spacial score (nSPS) is 12.0. The number of carboxylic acid groups (broad SMARTS) is 1. The summed E-state index contributed by atoms with van der Waals surface area (Å²) in [4.78, 5) is 15.4. The molecule has 2 N–H and O–H groups in total. The molecule has 1 unspecified atom stereocenters. The van der Waals surface area contributed by atoms with Gasteiger partial charge in [0.1, 0.15) is 6.04 Å². The van der Waals surface area contributed by atoms with Crippen molar-refractivity contribution in [3.05, 3.63) is 83.6 Å². The first kappa shape index (κ1) is 22.8. The molecule has 3 rings (SSSR count). The van der Waals surface area contributed by atoms with Crippen LogP contribution in [0.4, 0.5) is 0 Å². The fourth-order valence-corrected chi connectivity index (χ4v) is 3.97. The summed E-state index contributed by atoms with van der Waals surface area (Å²) in [5.41, 5.74) is 2.33. The number of aromatic nitrogens is 1. The van der Waals surface area contributed by atoms with E-state index >= 15 is 0 Å². The summed E-state index contributed by atoms with van der Waals surface area (Å²) >= 11 is 5.88. The van der Waals surface area contributed by atoms with Crippen LogP contribution >= 0.6 is 24.0 Å². The van der Waals surface area contributed by atoms with Gasteiger partial charge in [0, 0.05) is 23.8 Å². The van der Waals surface area contributed by atoms with Gasteiger partial charge in [-0.2, -0.15) is 4.72 Å². The SMILES string of the molecule is Cl.O=C(O)C(Cc1cccnc1)NS(=O)(=O)c1ccc(-c2ccc(Cl)cc2)cc1. The third-order valence-electron chi connectivity index (χ3n) is 4.10. The molecule has 0 radical (unpaired) electrons. The number of carboxylic acids is 1. The number of sulfonamides is 1. The summed E-state index contributed by atoms with van der Waals surface area (Å²) in [5.74, 6) is -1.26. The molecule has 1 atom stereocenters. The van der Waals surface area contributed by atoms with E-state index < -0.39 is 22.0 Å². The Balaban J connectivity index is 0.00000300. The molecule has 0 saturated heterocycles. The highest BCUT2D eigenvalue weighted by molar-refractivity contribution is 7.89. The molecule has 0 aliphatic rings. The fourth-order valence-electron chi connectivity index (χ4n) is 2.66. The summed E-state index contributed by atoms with van der Waals surface area (Å²) < 4.78 is 27.5. The van der Waals surface area contributed by atoms with E-state index in [0.717, 1.165) is 11.1 Å². The highest BCUT2D eigenvalue weighted by Gasteiger charge is 2.25. The number of rotatable bonds is 7. The first-order valence-electron chi connectivity index (χ1n) is 8.35. The molecular weight excluding hydrogens is 435 g/mol. The van der Waals surface area contributed by atoms with Crippen LogP contribution in [0, 0.1) is 0 Å². The molecule has 3 aromatic rings. The molecule has 0 saturated carbocycles. The summed E-state index contributed by atoms with van der Waals surface area (Å²) in [5, 5.41) is 10.0. The van der Waals surface area contributed by atoms with Crippen LogP contribution in [0.1, 0.15) is 5.56 Å². The number of pyridine rings is 1. The van der Waals surface area contributed by atoms with Gasteiger partial charge >= 0.3 is 5.97 Å². The second-order valence-electron chi connectivity index (χ2n) is 6.11. The van der Waals surface area contributed by atoms with Crippen molar-refractivity contribution < 1.29 is 18.3 Å². The van der Waals surface area contributed by atoms with Crippen molar-refractivity contribution in [2.75, 3.05) is 0 Å². The first-order chi connectivity index (χ1) is 13.3. The predicted octanol–water partition coefficient (Wildman–Crippen LogP) is 3.80. The Hall–Kier alpha value is -2.45. The third-order valence-corrected chi connectivity index (χ3v) is 5.84. The molecule has 152 valence electrons. The van der Waals surface area contributed by atoms with Crippen molar-refractivity contribution in [1.29, 1.82) is 0 Å². The lowest BCUT2D eigenvalue weighted by Crippen LogP contribution is -2.42. The lowest BCUT2D eigenvalue weighted by atomic mass is 10.1. The topological polar surface area (TPSA) is 96.4 Å². The Labute approximate surface area is 180 Å². The van der Waals surface area contributed by atoms with E-state index in [1.807, 2.05) is 12.1 Å². The Morgan fingerprint density at radius 2 is 1.62 bits per heavy atom. The van der Waals surface area contributed by atoms with Gasteiger partial charge in [-0.3, -0.25) is 9.78 Å². The lowest BCUT2D eigenvalue weighted by molar-refractivity contribution is -0.138. The van der Waals surface area contributed by atoms with Crippen LogP contribution in [0.3, 0.4) is 0 Å². The zero-order valence-electron chi connectivity index (χ0n) is 15.0. The van der Waals surface area contributed by atoms with E-state index in [-0.39, 0.29) is 23.7 Å². The van der Waals surface area contributed by atoms with Gasteiger partial charge < -0.3 is 5.11 Å². The molecule has 2 aromatic carbocycles. The Morgan fingerprint density at radius 3 is 2.14 bits per heavy atom. The smallest absolute Gasteiger partial charge is 0.322 e. The maximum absolute atomic E-state index is 12.6. The number of carbonyl (C=O) groups is 1. The van der Waals surface area contributed by atoms with Gasteiger partial charge in [-0.1, -0.05) is 41.9 Å². The van der Waals surface area contributed by atoms with Crippen LogP contribution < -0.4 is 4.72 Å². The van der Waals surface area contributed by atoms with Gasteiger partial charge in [-0.15, -0.1) is 12.4 Å². The molecule has 0 aliphatic heterocycles. The zero-order chi connectivity index (χ0) is 20.1. The second kappa shape index (κ2) is 9.84. The standard InChI is InChI=1S/C20H17ClN2O4S.ClH/c21-17-7-3-15(4-8-17)16-5-9-18(10-6-16)28(26,27)23-19(20(24)25)12-14-2-1-11-22-13-14;/h1-11,13,19,23H,12H2,(H,24,25);1H. The van der Waals surface area contributed by atoms with E-state index in [4.69, 9.17) is 11.6 Å². The van der Waals surface area contributed by atoms with Crippen LogP contribution in [0.25, 0.3) is 11.1 Å². The number of hydrogen-bond donors (Lipinski definition) is 2. The molecule has 6 nitrogen and oxygen atoms in total. The van der Waals surface area contributed by atoms with E-state index in [1.54, 1.807) is 42.6 Å². The van der Waals surface area contributed by atoms with Crippen molar-refractivity contribution >= 4 is 40.0 Å². The minimum atomic E-state index is -4.00. The monoisotopic (exact) mass is 452 g/mol. The van der Waals surface area contributed by atoms with Crippen molar-refractivity contribution in [3.8, 4) is 11.1 Å². The van der Waals surface area contributed by atoms with E-state index in [0.29, 0.717) is 10.6 Å². The lowest BCUT2D eigenvalue weighted by Gasteiger charge is -2.15. The molecule has 0 amide bonds. The quantitative estimate of drug-likeness (QED) is 0.568. The van der Waals surface area contributed by atoms with Gasteiger partial charge in [0.05, 0.1) is 4.90 Å². The third kappa shape index (κ3) is 6.01. The van der Waals surface area contributed by atoms with Crippen LogP contribution in [0.15, 0.2) is 78.0 Å². The van der Waals surface area contributed by atoms with Crippen molar-refractivity contribution in [1.82, 2.24) is 9.71 Å². The Kier molecular flexibility index (Phi) is 7.75. The second-order valence-corrected chi connectivity index (χ2v) is 8.26. The summed E-state index contributed by atoms with van der Waals surface area (Å²) in [6.45, 7) is 0. The van der Waals surface area contributed by atoms with E-state index in [2.05, 4.69) is 9.71 Å². The van der Waals surface area contributed by atoms with Crippen LogP contribution in [0.5, 0.6) is 0 Å². The fraction of sp³-hybridized carbons (Fsp3) is 0.100. The molecule has 0 fully saturated rings. The van der Waals surface area contributed by atoms with E-state index in [9.17, 15) is 18.3 Å². The Bertz CT molecular complexity index is 1060. The van der Waals surface area contributed by atoms with Gasteiger partial charge in [-0.05, 0) is 47.0 Å². The van der Waals surface area contributed by atoms with Gasteiger partial charge in [0.25, 0.3) is 0 Å². The number of halogens is 2. The summed E-state index contributed by atoms with van der Waals surface area (Å²) in [6.07, 6.45) is 3.06. The number of benzene rings is 2. The molecule has 0 bridgehead atoms. The summed E-state index contributed by atoms with van der Waals surface area (Å²) in [6, 6.07) is 15.4. The highest BCUT2D eigenvalue weighted by atomic mass is 35.5. The molecule has 1 heterocycles. The average Bonchev–Trinajstić information content (AvgIpc) is 2.69. The van der Waals surface area contributed by atoms with Gasteiger partial charge in [-0.25, -0.2) is 8.42 Å². The maximum Gasteiger partial charge on any atom is 0.322 e. The molecule has 1 aromatic heterocycles. The van der Waals surface area contributed by atoms with Crippen molar-refractivity contribution in [2.24, 2.45) is 0 Å². The molecule has 9 heteroatoms.